The molecule has 4 rings (SSSR count). The molecule has 148 valence electrons. The van der Waals surface area contributed by atoms with E-state index >= 15 is 0 Å². The van der Waals surface area contributed by atoms with E-state index in [9.17, 15) is 13.4 Å². The number of ether oxygens (including phenoxy) is 1. The maximum Gasteiger partial charge on any atom is 0.281 e. The third-order valence-electron chi connectivity index (χ3n) is 4.33. The van der Waals surface area contributed by atoms with Crippen molar-refractivity contribution in [2.45, 2.75) is 10.9 Å². The average Bonchev–Trinajstić information content (AvgIpc) is 3.15. The quantitative estimate of drug-likeness (QED) is 0.486. The summed E-state index contributed by atoms with van der Waals surface area (Å²) in [6.45, 7) is 0.222. The fraction of sp³-hybridized carbons (Fsp3) is 0.150. The van der Waals surface area contributed by atoms with E-state index < -0.39 is 16.6 Å². The average molecular weight is 429 g/mol. The van der Waals surface area contributed by atoms with Gasteiger partial charge in [-0.1, -0.05) is 35.6 Å². The van der Waals surface area contributed by atoms with Crippen LogP contribution in [0.25, 0.3) is 21.7 Å². The van der Waals surface area contributed by atoms with E-state index in [0.29, 0.717) is 26.3 Å². The van der Waals surface area contributed by atoms with Crippen LogP contribution < -0.4 is 10.3 Å². The minimum absolute atomic E-state index is 0.161. The van der Waals surface area contributed by atoms with Crippen molar-refractivity contribution < 1.29 is 13.3 Å². The number of halogens is 1. The summed E-state index contributed by atoms with van der Waals surface area (Å²) in [4.78, 5) is 22.4. The number of fused-ring (bicyclic) bond motifs is 1. The zero-order chi connectivity index (χ0) is 20.5. The second-order valence-corrected chi connectivity index (χ2v) is 8.80. The van der Waals surface area contributed by atoms with E-state index in [1.807, 2.05) is 12.1 Å². The fourth-order valence-corrected chi connectivity index (χ4v) is 4.51. The number of benzene rings is 2. The number of hydrogen-bond acceptors (Lipinski definition) is 6. The number of methoxy groups -OCH3 is 1. The van der Waals surface area contributed by atoms with Gasteiger partial charge in [-0.05, 0) is 29.8 Å². The van der Waals surface area contributed by atoms with Crippen LogP contribution in [0, 0.1) is 5.82 Å². The largest absolute Gasteiger partial charge is 0.497 e. The molecule has 0 bridgehead atoms. The smallest absolute Gasteiger partial charge is 0.281 e. The molecular weight excluding hydrogens is 413 g/mol. The molecule has 0 spiro atoms. The summed E-state index contributed by atoms with van der Waals surface area (Å²) in [7, 11) is 0.253. The van der Waals surface area contributed by atoms with Crippen LogP contribution in [0.5, 0.6) is 5.75 Å². The highest BCUT2D eigenvalue weighted by Crippen LogP contribution is 2.25. The van der Waals surface area contributed by atoms with Gasteiger partial charge in [0, 0.05) is 11.8 Å². The van der Waals surface area contributed by atoms with E-state index in [-0.39, 0.29) is 17.6 Å². The van der Waals surface area contributed by atoms with Gasteiger partial charge in [0.2, 0.25) is 0 Å². The van der Waals surface area contributed by atoms with Crippen LogP contribution in [0.4, 0.5) is 4.39 Å². The molecular formula is C20H16FN3O3S2. The van der Waals surface area contributed by atoms with Gasteiger partial charge in [0.25, 0.3) is 5.56 Å². The first kappa shape index (κ1) is 19.4. The molecule has 0 radical (unpaired) electrons. The van der Waals surface area contributed by atoms with Gasteiger partial charge in [0.15, 0.2) is 14.7 Å². The van der Waals surface area contributed by atoms with Gasteiger partial charge in [-0.3, -0.25) is 13.6 Å². The Labute approximate surface area is 172 Å². The van der Waals surface area contributed by atoms with Gasteiger partial charge in [-0.2, -0.15) is 0 Å². The molecule has 0 amide bonds. The molecule has 2 aromatic heterocycles. The summed E-state index contributed by atoms with van der Waals surface area (Å²) in [6, 6.07) is 13.2. The molecule has 0 aliphatic heterocycles. The number of hydrogen-bond donors (Lipinski definition) is 0. The molecule has 0 aliphatic carbocycles. The highest BCUT2D eigenvalue weighted by atomic mass is 32.2. The highest BCUT2D eigenvalue weighted by Gasteiger charge is 2.18. The Morgan fingerprint density at radius 2 is 1.93 bits per heavy atom. The summed E-state index contributed by atoms with van der Waals surface area (Å²) < 4.78 is 32.6. The van der Waals surface area contributed by atoms with Crippen LogP contribution >= 0.6 is 11.3 Å². The van der Waals surface area contributed by atoms with E-state index in [1.54, 1.807) is 31.4 Å². The maximum absolute atomic E-state index is 13.8. The maximum atomic E-state index is 13.8. The minimum atomic E-state index is -1.33. The van der Waals surface area contributed by atoms with Crippen molar-refractivity contribution in [1.82, 2.24) is 14.5 Å². The Bertz CT molecular complexity index is 1280. The summed E-state index contributed by atoms with van der Waals surface area (Å²) in [6.07, 6.45) is 1.50. The lowest BCUT2D eigenvalue weighted by Gasteiger charge is -2.13. The van der Waals surface area contributed by atoms with Crippen LogP contribution in [-0.4, -0.2) is 32.1 Å². The van der Waals surface area contributed by atoms with Crippen LogP contribution in [-0.2, 0) is 17.3 Å². The van der Waals surface area contributed by atoms with E-state index in [2.05, 4.69) is 9.97 Å². The topological polar surface area (TPSA) is 74.1 Å². The monoisotopic (exact) mass is 429 g/mol. The van der Waals surface area contributed by atoms with Crippen LogP contribution in [0.1, 0.15) is 5.56 Å². The molecule has 4 aromatic rings. The van der Waals surface area contributed by atoms with Crippen molar-refractivity contribution in [1.29, 1.82) is 0 Å². The standard InChI is InChI=1S/C20H16FN3O3S2/c1-27-15-8-6-12(7-9-15)11-24-17(13-4-3-5-14(21)10-13)23-18-16(19(24)25)22-20(28-18)29(2)26/h3-10H,11H2,1-2H3. The third-order valence-corrected chi connectivity index (χ3v) is 6.61. The van der Waals surface area contributed by atoms with Gasteiger partial charge in [0.05, 0.1) is 24.5 Å². The lowest BCUT2D eigenvalue weighted by Crippen LogP contribution is -2.24. The molecule has 2 aromatic carbocycles. The molecule has 6 nitrogen and oxygen atoms in total. The van der Waals surface area contributed by atoms with Crippen molar-refractivity contribution >= 4 is 32.5 Å². The SMILES string of the molecule is COc1ccc(Cn2c(-c3cccc(F)c3)nc3sc(S(C)=O)nc3c2=O)cc1. The van der Waals surface area contributed by atoms with Crippen molar-refractivity contribution in [2.24, 2.45) is 0 Å². The fourth-order valence-electron chi connectivity index (χ4n) is 2.92. The molecule has 0 N–H and O–H groups in total. The lowest BCUT2D eigenvalue weighted by molar-refractivity contribution is 0.414. The first-order valence-corrected chi connectivity index (χ1v) is 11.0. The molecule has 29 heavy (non-hydrogen) atoms. The molecule has 1 atom stereocenters. The highest BCUT2D eigenvalue weighted by molar-refractivity contribution is 7.86. The molecule has 0 fully saturated rings. The molecule has 1 unspecified atom stereocenters. The molecule has 0 aliphatic rings. The number of nitrogens with zero attached hydrogens (tertiary/aromatic N) is 3. The van der Waals surface area contributed by atoms with Crippen molar-refractivity contribution in [3.8, 4) is 17.1 Å². The zero-order valence-corrected chi connectivity index (χ0v) is 17.2. The summed E-state index contributed by atoms with van der Waals surface area (Å²) >= 11 is 1.11. The normalized spacial score (nSPS) is 12.2. The predicted octanol–water partition coefficient (Wildman–Crippen LogP) is 3.45. The Kier molecular flexibility index (Phi) is 5.25. The van der Waals surface area contributed by atoms with Gasteiger partial charge < -0.3 is 4.74 Å². The summed E-state index contributed by atoms with van der Waals surface area (Å²) in [5.41, 5.74) is 1.12. The van der Waals surface area contributed by atoms with Crippen molar-refractivity contribution in [3.63, 3.8) is 0 Å². The van der Waals surface area contributed by atoms with Crippen molar-refractivity contribution in [3.05, 3.63) is 70.3 Å². The van der Waals surface area contributed by atoms with Crippen LogP contribution in [0.15, 0.2) is 57.7 Å². The second-order valence-electron chi connectivity index (χ2n) is 6.27. The van der Waals surface area contributed by atoms with Gasteiger partial charge in [-0.15, -0.1) is 0 Å². The Morgan fingerprint density at radius 3 is 2.59 bits per heavy atom. The molecule has 0 saturated heterocycles. The van der Waals surface area contributed by atoms with Crippen molar-refractivity contribution in [2.75, 3.05) is 13.4 Å². The molecule has 9 heteroatoms. The zero-order valence-electron chi connectivity index (χ0n) is 15.6. The Balaban J connectivity index is 1.93. The molecule has 2 heterocycles. The van der Waals surface area contributed by atoms with Gasteiger partial charge >= 0.3 is 0 Å². The summed E-state index contributed by atoms with van der Waals surface area (Å²) in [5.74, 6) is 0.608. The van der Waals surface area contributed by atoms with Crippen LogP contribution in [0.3, 0.4) is 0 Å². The Morgan fingerprint density at radius 1 is 1.17 bits per heavy atom. The summed E-state index contributed by atoms with van der Waals surface area (Å²) in [5, 5.41) is 0. The first-order valence-electron chi connectivity index (χ1n) is 8.60. The second kappa shape index (κ2) is 7.84. The van der Waals surface area contributed by atoms with Gasteiger partial charge in [-0.25, -0.2) is 14.4 Å². The minimum Gasteiger partial charge on any atom is -0.497 e. The Hall–Kier alpha value is -2.91. The number of rotatable bonds is 5. The molecule has 0 saturated carbocycles. The third kappa shape index (κ3) is 3.83. The first-order chi connectivity index (χ1) is 14.0. The lowest BCUT2D eigenvalue weighted by atomic mass is 10.1. The van der Waals surface area contributed by atoms with Crippen LogP contribution in [0.2, 0.25) is 0 Å². The number of aromatic nitrogens is 3. The van der Waals surface area contributed by atoms with E-state index in [4.69, 9.17) is 4.74 Å². The van der Waals surface area contributed by atoms with E-state index in [1.165, 1.54) is 23.0 Å². The van der Waals surface area contributed by atoms with Gasteiger partial charge in [0.1, 0.15) is 17.4 Å². The van der Waals surface area contributed by atoms with E-state index in [0.717, 1.165) is 16.9 Å². The number of thiazole rings is 1. The predicted molar refractivity (Wildman–Crippen MR) is 111 cm³/mol.